The van der Waals surface area contributed by atoms with E-state index in [1.807, 2.05) is 0 Å². The molecule has 0 aromatic carbocycles. The van der Waals surface area contributed by atoms with Gasteiger partial charge in [-0.15, -0.1) is 0 Å². The summed E-state index contributed by atoms with van der Waals surface area (Å²) in [5, 5.41) is 2.60. The van der Waals surface area contributed by atoms with Gasteiger partial charge in [0.2, 0.25) is 11.8 Å². The molecule has 8 heteroatoms. The van der Waals surface area contributed by atoms with E-state index < -0.39 is 0 Å². The molecule has 8 nitrogen and oxygen atoms in total. The van der Waals surface area contributed by atoms with Gasteiger partial charge in [-0.1, -0.05) is 0 Å². The fraction of sp³-hybridized carbons (Fsp3) is 0.786. The molecule has 128 valence electrons. The summed E-state index contributed by atoms with van der Waals surface area (Å²) in [7, 11) is 1.56. The van der Waals surface area contributed by atoms with Crippen molar-refractivity contribution in [1.82, 2.24) is 10.2 Å². The van der Waals surface area contributed by atoms with Crippen LogP contribution in [0.4, 0.5) is 0 Å². The fourth-order valence-corrected chi connectivity index (χ4v) is 1.68. The molecule has 0 aliphatic heterocycles. The highest BCUT2D eigenvalue weighted by molar-refractivity contribution is 5.76. The van der Waals surface area contributed by atoms with Crippen LogP contribution in [0.1, 0.15) is 26.2 Å². The van der Waals surface area contributed by atoms with Crippen molar-refractivity contribution in [2.24, 2.45) is 5.73 Å². The maximum absolute atomic E-state index is 11.8. The number of esters is 1. The van der Waals surface area contributed by atoms with Crippen molar-refractivity contribution in [2.45, 2.75) is 26.2 Å². The molecule has 0 spiro atoms. The number of rotatable bonds is 12. The minimum Gasteiger partial charge on any atom is -0.464 e. The Morgan fingerprint density at radius 2 is 1.82 bits per heavy atom. The van der Waals surface area contributed by atoms with E-state index in [9.17, 15) is 14.4 Å². The Morgan fingerprint density at radius 3 is 2.41 bits per heavy atom. The minimum atomic E-state index is -0.344. The molecule has 0 saturated heterocycles. The lowest BCUT2D eigenvalue weighted by atomic mass is 10.3. The monoisotopic (exact) mass is 317 g/mol. The number of hydrogen-bond acceptors (Lipinski definition) is 6. The molecule has 0 bridgehead atoms. The van der Waals surface area contributed by atoms with Crippen molar-refractivity contribution in [2.75, 3.05) is 46.5 Å². The first-order chi connectivity index (χ1) is 10.5. The van der Waals surface area contributed by atoms with Crippen molar-refractivity contribution < 1.29 is 23.9 Å². The van der Waals surface area contributed by atoms with Gasteiger partial charge < -0.3 is 25.4 Å². The van der Waals surface area contributed by atoms with E-state index in [1.165, 1.54) is 6.92 Å². The molecular formula is C14H27N3O5. The molecule has 0 aromatic heterocycles. The van der Waals surface area contributed by atoms with Gasteiger partial charge in [0.05, 0.1) is 13.2 Å². The van der Waals surface area contributed by atoms with Gasteiger partial charge in [0.1, 0.15) is 6.61 Å². The summed E-state index contributed by atoms with van der Waals surface area (Å²) in [4.78, 5) is 35.5. The van der Waals surface area contributed by atoms with Crippen LogP contribution >= 0.6 is 0 Å². The molecule has 0 saturated carbocycles. The molecule has 3 N–H and O–H groups in total. The minimum absolute atomic E-state index is 0.0822. The summed E-state index contributed by atoms with van der Waals surface area (Å²) < 4.78 is 10.0. The third kappa shape index (κ3) is 11.0. The van der Waals surface area contributed by atoms with Gasteiger partial charge in [-0.05, 0) is 6.42 Å². The molecular weight excluding hydrogens is 290 g/mol. The first kappa shape index (κ1) is 20.3. The second-order valence-corrected chi connectivity index (χ2v) is 4.72. The lowest BCUT2D eigenvalue weighted by Gasteiger charge is -2.22. The SMILES string of the molecule is COCCN(CCOC(=O)CCCNC(C)=O)C(=O)CCN. The molecule has 0 rings (SSSR count). The maximum atomic E-state index is 11.8. The zero-order chi connectivity index (χ0) is 16.8. The van der Waals surface area contributed by atoms with Crippen molar-refractivity contribution in [3.05, 3.63) is 0 Å². The lowest BCUT2D eigenvalue weighted by Crippen LogP contribution is -2.37. The second kappa shape index (κ2) is 13.0. The van der Waals surface area contributed by atoms with Gasteiger partial charge in [-0.25, -0.2) is 0 Å². The predicted octanol–water partition coefficient (Wildman–Crippen LogP) is -0.730. The highest BCUT2D eigenvalue weighted by Gasteiger charge is 2.13. The maximum Gasteiger partial charge on any atom is 0.305 e. The molecule has 0 fully saturated rings. The first-order valence-electron chi connectivity index (χ1n) is 7.38. The van der Waals surface area contributed by atoms with E-state index in [0.29, 0.717) is 32.7 Å². The number of amides is 2. The standard InChI is InChI=1S/C14H27N3O5/c1-12(18)16-7-3-4-14(20)22-11-9-17(8-10-21-2)13(19)5-6-15/h3-11,15H2,1-2H3,(H,16,18). The molecule has 0 aromatic rings. The topological polar surface area (TPSA) is 111 Å². The van der Waals surface area contributed by atoms with Crippen LogP contribution in [0.2, 0.25) is 0 Å². The molecule has 22 heavy (non-hydrogen) atoms. The summed E-state index contributed by atoms with van der Waals surface area (Å²) in [5.74, 6) is -0.551. The van der Waals surface area contributed by atoms with Crippen molar-refractivity contribution >= 4 is 17.8 Å². The molecule has 2 amide bonds. The Bertz CT molecular complexity index is 349. The van der Waals surface area contributed by atoms with Gasteiger partial charge >= 0.3 is 5.97 Å². The first-order valence-corrected chi connectivity index (χ1v) is 7.38. The normalized spacial score (nSPS) is 10.1. The number of carbonyl (C=O) groups excluding carboxylic acids is 3. The summed E-state index contributed by atoms with van der Waals surface area (Å²) in [5.41, 5.74) is 5.37. The second-order valence-electron chi connectivity index (χ2n) is 4.72. The third-order valence-electron chi connectivity index (χ3n) is 2.83. The molecule has 0 unspecified atom stereocenters. The summed E-state index contributed by atoms with van der Waals surface area (Å²) in [6.07, 6.45) is 1.02. The number of methoxy groups -OCH3 is 1. The van der Waals surface area contributed by atoms with Gasteiger partial charge in [0.25, 0.3) is 0 Å². The Hall–Kier alpha value is -1.67. The quantitative estimate of drug-likeness (QED) is 0.363. The fourth-order valence-electron chi connectivity index (χ4n) is 1.68. The summed E-state index contributed by atoms with van der Waals surface area (Å²) >= 11 is 0. The molecule has 0 atom stereocenters. The van der Waals surface area contributed by atoms with E-state index in [-0.39, 0.29) is 43.8 Å². The van der Waals surface area contributed by atoms with Gasteiger partial charge in [-0.3, -0.25) is 14.4 Å². The van der Waals surface area contributed by atoms with Crippen LogP contribution in [0.15, 0.2) is 0 Å². The van der Waals surface area contributed by atoms with Crippen LogP contribution in [0.25, 0.3) is 0 Å². The number of nitrogens with zero attached hydrogens (tertiary/aromatic N) is 1. The van der Waals surface area contributed by atoms with E-state index in [0.717, 1.165) is 0 Å². The van der Waals surface area contributed by atoms with Crippen LogP contribution in [0.3, 0.4) is 0 Å². The van der Waals surface area contributed by atoms with Crippen molar-refractivity contribution in [3.8, 4) is 0 Å². The van der Waals surface area contributed by atoms with E-state index in [2.05, 4.69) is 5.32 Å². The molecule has 0 radical (unpaired) electrons. The Kier molecular flexibility index (Phi) is 12.0. The number of carbonyl (C=O) groups is 3. The Morgan fingerprint density at radius 1 is 1.14 bits per heavy atom. The van der Waals surface area contributed by atoms with Crippen molar-refractivity contribution in [1.29, 1.82) is 0 Å². The highest BCUT2D eigenvalue weighted by Crippen LogP contribution is 1.97. The van der Waals surface area contributed by atoms with Gasteiger partial charge in [0, 0.05) is 46.5 Å². The summed E-state index contributed by atoms with van der Waals surface area (Å²) in [6.45, 7) is 3.46. The predicted molar refractivity (Wildman–Crippen MR) is 81.0 cm³/mol. The van der Waals surface area contributed by atoms with E-state index in [4.69, 9.17) is 15.2 Å². The lowest BCUT2D eigenvalue weighted by molar-refractivity contribution is -0.146. The number of ether oxygens (including phenoxy) is 2. The number of hydrogen-bond donors (Lipinski definition) is 2. The van der Waals surface area contributed by atoms with Crippen LogP contribution in [0.5, 0.6) is 0 Å². The number of nitrogens with one attached hydrogen (secondary N) is 1. The van der Waals surface area contributed by atoms with Gasteiger partial charge in [-0.2, -0.15) is 0 Å². The van der Waals surface area contributed by atoms with Crippen LogP contribution in [-0.2, 0) is 23.9 Å². The third-order valence-corrected chi connectivity index (χ3v) is 2.83. The Balaban J connectivity index is 3.91. The Labute approximate surface area is 131 Å². The average Bonchev–Trinajstić information content (AvgIpc) is 2.47. The van der Waals surface area contributed by atoms with E-state index in [1.54, 1.807) is 12.0 Å². The molecule has 0 heterocycles. The molecule has 0 aliphatic carbocycles. The van der Waals surface area contributed by atoms with Crippen LogP contribution < -0.4 is 11.1 Å². The van der Waals surface area contributed by atoms with Gasteiger partial charge in [0.15, 0.2) is 0 Å². The number of nitrogens with two attached hydrogens (primary N) is 1. The zero-order valence-electron chi connectivity index (χ0n) is 13.4. The largest absolute Gasteiger partial charge is 0.464 e. The van der Waals surface area contributed by atoms with E-state index >= 15 is 0 Å². The highest BCUT2D eigenvalue weighted by atomic mass is 16.5. The van der Waals surface area contributed by atoms with Crippen LogP contribution in [-0.4, -0.2) is 69.2 Å². The molecule has 0 aliphatic rings. The summed E-state index contributed by atoms with van der Waals surface area (Å²) in [6, 6.07) is 0. The zero-order valence-corrected chi connectivity index (χ0v) is 13.4. The smallest absolute Gasteiger partial charge is 0.305 e. The van der Waals surface area contributed by atoms with Crippen molar-refractivity contribution in [3.63, 3.8) is 0 Å². The van der Waals surface area contributed by atoms with Crippen LogP contribution in [0, 0.1) is 0 Å². The average molecular weight is 317 g/mol.